The third-order valence-corrected chi connectivity index (χ3v) is 4.42. The van der Waals surface area contributed by atoms with Gasteiger partial charge in [0.1, 0.15) is 0 Å². The number of methoxy groups -OCH3 is 2. The summed E-state index contributed by atoms with van der Waals surface area (Å²) in [7, 11) is -1.79. The van der Waals surface area contributed by atoms with Crippen molar-refractivity contribution in [3.8, 4) is 17.4 Å². The standard InChI is InChI=1S/C13H11F3N4O5S/c1-20-11-10(12(19-20)25-26(21,22)13(14,15)16)6-4-8(23-2)9(24-3)5-7(6)17-18-11/h4-5H,1-3H3. The second kappa shape index (κ2) is 5.86. The van der Waals surface area contributed by atoms with Crippen molar-refractivity contribution in [3.05, 3.63) is 12.1 Å². The Morgan fingerprint density at radius 3 is 2.27 bits per heavy atom. The Hall–Kier alpha value is -2.83. The molecule has 140 valence electrons. The molecule has 0 saturated carbocycles. The Morgan fingerprint density at radius 2 is 1.69 bits per heavy atom. The Bertz CT molecular complexity index is 1110. The highest BCUT2D eigenvalue weighted by molar-refractivity contribution is 7.88. The number of halogens is 3. The number of rotatable bonds is 4. The molecule has 1 aromatic carbocycles. The van der Waals surface area contributed by atoms with Gasteiger partial charge < -0.3 is 13.7 Å². The summed E-state index contributed by atoms with van der Waals surface area (Å²) in [5.41, 5.74) is -5.36. The van der Waals surface area contributed by atoms with Crippen molar-refractivity contribution >= 4 is 32.1 Å². The van der Waals surface area contributed by atoms with Gasteiger partial charge in [-0.1, -0.05) is 0 Å². The molecule has 0 fully saturated rings. The third kappa shape index (κ3) is 2.73. The number of aryl methyl sites for hydroxylation is 1. The Balaban J connectivity index is 2.33. The number of benzene rings is 1. The molecule has 9 nitrogen and oxygen atoms in total. The van der Waals surface area contributed by atoms with Crippen LogP contribution >= 0.6 is 0 Å². The molecule has 0 amide bonds. The summed E-state index contributed by atoms with van der Waals surface area (Å²) in [5, 5.41) is 11.6. The molecule has 0 atom stereocenters. The lowest BCUT2D eigenvalue weighted by Gasteiger charge is -2.10. The molecule has 26 heavy (non-hydrogen) atoms. The van der Waals surface area contributed by atoms with E-state index in [2.05, 4.69) is 19.5 Å². The van der Waals surface area contributed by atoms with Gasteiger partial charge in [-0.3, -0.25) is 0 Å². The van der Waals surface area contributed by atoms with Gasteiger partial charge in [-0.25, -0.2) is 4.68 Å². The van der Waals surface area contributed by atoms with Crippen LogP contribution in [0, 0.1) is 0 Å². The van der Waals surface area contributed by atoms with Crippen molar-refractivity contribution in [2.75, 3.05) is 14.2 Å². The van der Waals surface area contributed by atoms with E-state index in [0.29, 0.717) is 5.75 Å². The van der Waals surface area contributed by atoms with Gasteiger partial charge in [0.05, 0.1) is 25.1 Å². The average Bonchev–Trinajstić information content (AvgIpc) is 2.87. The van der Waals surface area contributed by atoms with Crippen LogP contribution in [0.25, 0.3) is 21.9 Å². The van der Waals surface area contributed by atoms with E-state index in [-0.39, 0.29) is 27.7 Å². The Kier molecular flexibility index (Phi) is 4.05. The van der Waals surface area contributed by atoms with Crippen molar-refractivity contribution in [2.45, 2.75) is 5.51 Å². The van der Waals surface area contributed by atoms with Crippen molar-refractivity contribution in [1.82, 2.24) is 20.0 Å². The molecule has 2 heterocycles. The molecule has 0 radical (unpaired) electrons. The zero-order chi connectivity index (χ0) is 19.3. The van der Waals surface area contributed by atoms with Crippen LogP contribution in [0.3, 0.4) is 0 Å². The van der Waals surface area contributed by atoms with E-state index >= 15 is 0 Å². The monoisotopic (exact) mass is 392 g/mol. The number of aromatic nitrogens is 4. The van der Waals surface area contributed by atoms with E-state index in [1.807, 2.05) is 0 Å². The summed E-state index contributed by atoms with van der Waals surface area (Å²) in [6.07, 6.45) is 0. The van der Waals surface area contributed by atoms with Crippen LogP contribution in [-0.4, -0.2) is 48.1 Å². The number of fused-ring (bicyclic) bond motifs is 3. The minimum Gasteiger partial charge on any atom is -0.493 e. The summed E-state index contributed by atoms with van der Waals surface area (Å²) in [6, 6.07) is 2.86. The fourth-order valence-electron chi connectivity index (χ4n) is 2.30. The Labute approximate surface area is 144 Å². The molecule has 0 bridgehead atoms. The van der Waals surface area contributed by atoms with Gasteiger partial charge in [0.2, 0.25) is 0 Å². The summed E-state index contributed by atoms with van der Waals surface area (Å²) >= 11 is 0. The molecule has 0 saturated heterocycles. The molecule has 0 unspecified atom stereocenters. The fourth-order valence-corrected chi connectivity index (χ4v) is 2.72. The number of hydrogen-bond acceptors (Lipinski definition) is 8. The van der Waals surface area contributed by atoms with Gasteiger partial charge in [0.25, 0.3) is 5.88 Å². The smallest absolute Gasteiger partial charge is 0.493 e. The summed E-state index contributed by atoms with van der Waals surface area (Å²) in [6.45, 7) is 0. The lowest BCUT2D eigenvalue weighted by atomic mass is 10.1. The van der Waals surface area contributed by atoms with Gasteiger partial charge in [0, 0.05) is 18.5 Å². The first-order chi connectivity index (χ1) is 12.1. The third-order valence-electron chi connectivity index (χ3n) is 3.48. The van der Waals surface area contributed by atoms with Crippen LogP contribution in [0.15, 0.2) is 12.1 Å². The largest absolute Gasteiger partial charge is 0.534 e. The predicted molar refractivity (Wildman–Crippen MR) is 82.5 cm³/mol. The van der Waals surface area contributed by atoms with E-state index in [9.17, 15) is 21.6 Å². The quantitative estimate of drug-likeness (QED) is 0.489. The van der Waals surface area contributed by atoms with Crippen LogP contribution in [0.2, 0.25) is 0 Å². The molecule has 3 aromatic rings. The molecular formula is C13H11F3N4O5S. The van der Waals surface area contributed by atoms with Crippen molar-refractivity contribution in [1.29, 1.82) is 0 Å². The van der Waals surface area contributed by atoms with Crippen LogP contribution < -0.4 is 13.7 Å². The number of ether oxygens (including phenoxy) is 2. The van der Waals surface area contributed by atoms with E-state index < -0.39 is 21.5 Å². The van der Waals surface area contributed by atoms with Gasteiger partial charge in [-0.2, -0.15) is 21.6 Å². The van der Waals surface area contributed by atoms with Crippen LogP contribution in [0.4, 0.5) is 13.2 Å². The number of alkyl halides is 3. The molecule has 2 aromatic heterocycles. The average molecular weight is 392 g/mol. The van der Waals surface area contributed by atoms with Crippen LogP contribution in [0.5, 0.6) is 17.4 Å². The number of nitrogens with zero attached hydrogens (tertiary/aromatic N) is 4. The SMILES string of the molecule is COc1cc2nnc3c(c(OS(=O)(=O)C(F)(F)F)nn3C)c2cc1OC. The van der Waals surface area contributed by atoms with Crippen molar-refractivity contribution in [2.24, 2.45) is 7.05 Å². The zero-order valence-corrected chi connectivity index (χ0v) is 14.3. The van der Waals surface area contributed by atoms with Crippen LogP contribution in [0.1, 0.15) is 0 Å². The van der Waals surface area contributed by atoms with E-state index in [1.165, 1.54) is 33.4 Å². The summed E-state index contributed by atoms with van der Waals surface area (Å²) < 4.78 is 76.2. The lowest BCUT2D eigenvalue weighted by Crippen LogP contribution is -2.28. The minimum atomic E-state index is -5.91. The van der Waals surface area contributed by atoms with Gasteiger partial charge in [-0.05, 0) is 6.07 Å². The lowest BCUT2D eigenvalue weighted by molar-refractivity contribution is -0.0501. The second-order valence-corrected chi connectivity index (χ2v) is 6.57. The summed E-state index contributed by atoms with van der Waals surface area (Å²) in [5.74, 6) is -0.211. The predicted octanol–water partition coefficient (Wildman–Crippen LogP) is 1.76. The first-order valence-corrected chi connectivity index (χ1v) is 8.25. The van der Waals surface area contributed by atoms with E-state index in [1.54, 1.807) is 0 Å². The molecule has 0 aliphatic heterocycles. The Morgan fingerprint density at radius 1 is 1.08 bits per heavy atom. The maximum absolute atomic E-state index is 12.6. The molecule has 0 aliphatic rings. The molecule has 0 N–H and O–H groups in total. The first-order valence-electron chi connectivity index (χ1n) is 6.85. The highest BCUT2D eigenvalue weighted by Crippen LogP contribution is 2.38. The molecule has 0 aliphatic carbocycles. The maximum atomic E-state index is 12.6. The maximum Gasteiger partial charge on any atom is 0.534 e. The fraction of sp³-hybridized carbons (Fsp3) is 0.308. The molecule has 13 heteroatoms. The molecular weight excluding hydrogens is 381 g/mol. The zero-order valence-electron chi connectivity index (χ0n) is 13.5. The second-order valence-electron chi connectivity index (χ2n) is 5.03. The topological polar surface area (TPSA) is 105 Å². The van der Waals surface area contributed by atoms with E-state index in [0.717, 1.165) is 4.68 Å². The minimum absolute atomic E-state index is 0.0251. The van der Waals surface area contributed by atoms with Crippen molar-refractivity contribution in [3.63, 3.8) is 0 Å². The highest BCUT2D eigenvalue weighted by Gasteiger charge is 2.49. The highest BCUT2D eigenvalue weighted by atomic mass is 32.2. The number of hydrogen-bond donors (Lipinski definition) is 0. The summed E-state index contributed by atoms with van der Waals surface area (Å²) in [4.78, 5) is 0. The first kappa shape index (κ1) is 18.0. The van der Waals surface area contributed by atoms with Crippen molar-refractivity contribution < 1.29 is 35.2 Å². The van der Waals surface area contributed by atoms with Gasteiger partial charge in [0.15, 0.2) is 17.1 Å². The van der Waals surface area contributed by atoms with Gasteiger partial charge >= 0.3 is 15.6 Å². The van der Waals surface area contributed by atoms with Crippen LogP contribution in [-0.2, 0) is 17.2 Å². The normalized spacial score (nSPS) is 12.5. The molecule has 3 rings (SSSR count). The van der Waals surface area contributed by atoms with Gasteiger partial charge in [-0.15, -0.1) is 15.3 Å². The van der Waals surface area contributed by atoms with E-state index in [4.69, 9.17) is 9.47 Å². The molecule has 0 spiro atoms.